The normalized spacial score (nSPS) is 15.5. The summed E-state index contributed by atoms with van der Waals surface area (Å²) in [5.41, 5.74) is 1.75. The van der Waals surface area contributed by atoms with Crippen LogP contribution in [0.3, 0.4) is 0 Å². The second-order valence-electron chi connectivity index (χ2n) is 2.63. The van der Waals surface area contributed by atoms with Crippen LogP contribution in [0.4, 0.5) is 10.5 Å². The fourth-order valence-electron chi connectivity index (χ4n) is 1.21. The summed E-state index contributed by atoms with van der Waals surface area (Å²) in [7, 11) is 0. The summed E-state index contributed by atoms with van der Waals surface area (Å²) in [6, 6.07) is 3.51. The average molecular weight is 163 g/mol. The minimum atomic E-state index is -0.151. The van der Waals surface area contributed by atoms with Crippen LogP contribution in [0.25, 0.3) is 0 Å². The second kappa shape index (κ2) is 2.81. The molecule has 1 aliphatic rings. The summed E-state index contributed by atoms with van der Waals surface area (Å²) < 4.78 is 0. The van der Waals surface area contributed by atoms with E-state index in [4.69, 9.17) is 0 Å². The van der Waals surface area contributed by atoms with Gasteiger partial charge in [-0.25, -0.2) is 4.79 Å². The first kappa shape index (κ1) is 7.09. The molecule has 1 aromatic rings. The van der Waals surface area contributed by atoms with Gasteiger partial charge in [-0.1, -0.05) is 0 Å². The fourth-order valence-corrected chi connectivity index (χ4v) is 1.21. The molecule has 0 aromatic carbocycles. The van der Waals surface area contributed by atoms with Gasteiger partial charge in [0, 0.05) is 19.2 Å². The molecule has 0 unspecified atom stereocenters. The lowest BCUT2D eigenvalue weighted by molar-refractivity contribution is 0.252. The number of nitrogens with zero attached hydrogens (tertiary/aromatic N) is 1. The van der Waals surface area contributed by atoms with Gasteiger partial charge in [0.15, 0.2) is 0 Å². The molecule has 0 saturated heterocycles. The van der Waals surface area contributed by atoms with Gasteiger partial charge in [0.1, 0.15) is 0 Å². The molecule has 1 aromatic heterocycles. The first-order chi connectivity index (χ1) is 5.86. The van der Waals surface area contributed by atoms with E-state index in [-0.39, 0.29) is 6.03 Å². The third kappa shape index (κ3) is 1.23. The van der Waals surface area contributed by atoms with Gasteiger partial charge in [-0.3, -0.25) is 4.98 Å². The number of urea groups is 1. The van der Waals surface area contributed by atoms with Crippen LogP contribution in [0, 0.1) is 0 Å². The fraction of sp³-hybridized carbons (Fsp3) is 0.250. The van der Waals surface area contributed by atoms with Crippen molar-refractivity contribution in [3.05, 3.63) is 24.0 Å². The standard InChI is InChI=1S/C8H9N3O/c12-8-10-5-3-6-7(11-8)2-1-4-9-6/h1-2,4H,3,5H2,(H2,10,11,12). The maximum absolute atomic E-state index is 11.0. The van der Waals surface area contributed by atoms with Crippen LogP contribution in [0.15, 0.2) is 18.3 Å². The molecule has 1 aliphatic heterocycles. The summed E-state index contributed by atoms with van der Waals surface area (Å²) in [5.74, 6) is 0. The highest BCUT2D eigenvalue weighted by Gasteiger charge is 2.10. The smallest absolute Gasteiger partial charge is 0.319 e. The lowest BCUT2D eigenvalue weighted by Crippen LogP contribution is -2.27. The molecule has 0 bridgehead atoms. The van der Waals surface area contributed by atoms with Crippen LogP contribution in [0.1, 0.15) is 5.69 Å². The third-order valence-corrected chi connectivity index (χ3v) is 1.79. The van der Waals surface area contributed by atoms with Crippen LogP contribution < -0.4 is 10.6 Å². The molecular weight excluding hydrogens is 154 g/mol. The number of carbonyl (C=O) groups excluding carboxylic acids is 1. The summed E-state index contributed by atoms with van der Waals surface area (Å²) in [6.45, 7) is 0.649. The summed E-state index contributed by atoms with van der Waals surface area (Å²) in [6.07, 6.45) is 2.52. The number of carbonyl (C=O) groups is 1. The number of hydrogen-bond acceptors (Lipinski definition) is 2. The summed E-state index contributed by atoms with van der Waals surface area (Å²) in [5, 5.41) is 5.41. The Balaban J connectivity index is 2.37. The van der Waals surface area contributed by atoms with E-state index >= 15 is 0 Å². The van der Waals surface area contributed by atoms with Gasteiger partial charge >= 0.3 is 6.03 Å². The molecule has 2 heterocycles. The first-order valence-corrected chi connectivity index (χ1v) is 3.85. The van der Waals surface area contributed by atoms with E-state index in [0.717, 1.165) is 17.8 Å². The van der Waals surface area contributed by atoms with E-state index in [0.29, 0.717) is 6.54 Å². The van der Waals surface area contributed by atoms with Gasteiger partial charge < -0.3 is 10.6 Å². The Labute approximate surface area is 70.0 Å². The summed E-state index contributed by atoms with van der Waals surface area (Å²) >= 11 is 0. The molecule has 4 heteroatoms. The molecule has 0 aliphatic carbocycles. The zero-order valence-electron chi connectivity index (χ0n) is 6.50. The highest BCUT2D eigenvalue weighted by molar-refractivity contribution is 5.90. The van der Waals surface area contributed by atoms with Crippen LogP contribution in [-0.2, 0) is 6.42 Å². The molecule has 2 amide bonds. The van der Waals surface area contributed by atoms with Crippen LogP contribution in [-0.4, -0.2) is 17.6 Å². The number of hydrogen-bond donors (Lipinski definition) is 2. The van der Waals surface area contributed by atoms with Crippen molar-refractivity contribution in [2.75, 3.05) is 11.9 Å². The Bertz CT molecular complexity index is 311. The Morgan fingerprint density at radius 3 is 3.33 bits per heavy atom. The van der Waals surface area contributed by atoms with Crippen molar-refractivity contribution in [2.45, 2.75) is 6.42 Å². The predicted molar refractivity (Wildman–Crippen MR) is 45.0 cm³/mol. The Hall–Kier alpha value is -1.58. The van der Waals surface area contributed by atoms with Crippen molar-refractivity contribution < 1.29 is 4.79 Å². The molecule has 4 nitrogen and oxygen atoms in total. The molecule has 0 spiro atoms. The molecule has 0 fully saturated rings. The number of fused-ring (bicyclic) bond motifs is 1. The first-order valence-electron chi connectivity index (χ1n) is 3.85. The van der Waals surface area contributed by atoms with Crippen LogP contribution >= 0.6 is 0 Å². The third-order valence-electron chi connectivity index (χ3n) is 1.79. The Morgan fingerprint density at radius 1 is 1.50 bits per heavy atom. The van der Waals surface area contributed by atoms with Gasteiger partial charge in [-0.15, -0.1) is 0 Å². The van der Waals surface area contributed by atoms with Gasteiger partial charge in [-0.2, -0.15) is 0 Å². The van der Waals surface area contributed by atoms with E-state index in [9.17, 15) is 4.79 Å². The molecule has 2 N–H and O–H groups in total. The van der Waals surface area contributed by atoms with Crippen molar-refractivity contribution in [2.24, 2.45) is 0 Å². The number of rotatable bonds is 0. The zero-order chi connectivity index (χ0) is 8.39. The molecule has 62 valence electrons. The van der Waals surface area contributed by atoms with Crippen molar-refractivity contribution in [3.8, 4) is 0 Å². The van der Waals surface area contributed by atoms with E-state index in [1.165, 1.54) is 0 Å². The lowest BCUT2D eigenvalue weighted by atomic mass is 10.2. The van der Waals surface area contributed by atoms with Crippen molar-refractivity contribution >= 4 is 11.7 Å². The maximum Gasteiger partial charge on any atom is 0.319 e. The molecule has 0 atom stereocenters. The van der Waals surface area contributed by atoms with Gasteiger partial charge in [0.2, 0.25) is 0 Å². The number of anilines is 1. The minimum absolute atomic E-state index is 0.151. The molecule has 0 saturated carbocycles. The lowest BCUT2D eigenvalue weighted by Gasteiger charge is -2.02. The highest BCUT2D eigenvalue weighted by atomic mass is 16.2. The van der Waals surface area contributed by atoms with Crippen molar-refractivity contribution in [3.63, 3.8) is 0 Å². The van der Waals surface area contributed by atoms with Crippen molar-refractivity contribution in [1.82, 2.24) is 10.3 Å². The van der Waals surface area contributed by atoms with E-state index in [2.05, 4.69) is 15.6 Å². The van der Waals surface area contributed by atoms with Crippen molar-refractivity contribution in [1.29, 1.82) is 0 Å². The molecule has 0 radical (unpaired) electrons. The second-order valence-corrected chi connectivity index (χ2v) is 2.63. The largest absolute Gasteiger partial charge is 0.337 e. The Morgan fingerprint density at radius 2 is 2.42 bits per heavy atom. The quantitative estimate of drug-likeness (QED) is 0.593. The average Bonchev–Trinajstić information content (AvgIpc) is 2.25. The molecular formula is C8H9N3O. The van der Waals surface area contributed by atoms with Crippen LogP contribution in [0.5, 0.6) is 0 Å². The van der Waals surface area contributed by atoms with Crippen LogP contribution in [0.2, 0.25) is 0 Å². The highest BCUT2D eigenvalue weighted by Crippen LogP contribution is 2.13. The van der Waals surface area contributed by atoms with E-state index in [1.54, 1.807) is 6.20 Å². The SMILES string of the molecule is O=C1NCCc2ncccc2N1. The number of pyridine rings is 1. The zero-order valence-corrected chi connectivity index (χ0v) is 6.50. The Kier molecular flexibility index (Phi) is 1.66. The number of amides is 2. The number of aromatic nitrogens is 1. The molecule has 2 rings (SSSR count). The summed E-state index contributed by atoms with van der Waals surface area (Å²) in [4.78, 5) is 15.2. The van der Waals surface area contributed by atoms with Gasteiger partial charge in [0.25, 0.3) is 0 Å². The topological polar surface area (TPSA) is 54.0 Å². The monoisotopic (exact) mass is 163 g/mol. The number of nitrogens with one attached hydrogen (secondary N) is 2. The molecule has 12 heavy (non-hydrogen) atoms. The van der Waals surface area contributed by atoms with E-state index in [1.807, 2.05) is 12.1 Å². The van der Waals surface area contributed by atoms with Gasteiger partial charge in [-0.05, 0) is 12.1 Å². The minimum Gasteiger partial charge on any atom is -0.337 e. The van der Waals surface area contributed by atoms with E-state index < -0.39 is 0 Å². The predicted octanol–water partition coefficient (Wildman–Crippen LogP) is 0.759. The van der Waals surface area contributed by atoms with Gasteiger partial charge in [0.05, 0.1) is 11.4 Å². The maximum atomic E-state index is 11.0.